The Morgan fingerprint density at radius 1 is 0.889 bits per heavy atom. The van der Waals surface area contributed by atoms with Gasteiger partial charge in [0.15, 0.2) is 0 Å². The highest BCUT2D eigenvalue weighted by Crippen LogP contribution is 2.40. The normalized spacial score (nSPS) is 14.4. The molecule has 1 aliphatic rings. The molecule has 0 aromatic heterocycles. The van der Waals surface area contributed by atoms with E-state index in [1.54, 1.807) is 0 Å². The highest BCUT2D eigenvalue weighted by molar-refractivity contribution is 5.78. The maximum atomic E-state index is 3.87. The molecule has 1 heterocycles. The zero-order chi connectivity index (χ0) is 13.0. The predicted molar refractivity (Wildman–Crippen MR) is 80.1 cm³/mol. The Kier molecular flexibility index (Phi) is 3.88. The zero-order valence-electron chi connectivity index (χ0n) is 10.8. The Hall–Kier alpha value is -1.96. The van der Waals surface area contributed by atoms with Gasteiger partial charge in [-0.1, -0.05) is 30.4 Å². The molecule has 0 aliphatic carbocycles. The van der Waals surface area contributed by atoms with Crippen LogP contribution in [0, 0.1) is 0 Å². The van der Waals surface area contributed by atoms with Crippen LogP contribution in [-0.4, -0.2) is 19.3 Å². The summed E-state index contributed by atoms with van der Waals surface area (Å²) >= 11 is 0. The van der Waals surface area contributed by atoms with Gasteiger partial charge in [0.1, 0.15) is 6.17 Å². The number of benzene rings is 1. The molecule has 2 nitrogen and oxygen atoms in total. The van der Waals surface area contributed by atoms with E-state index in [0.29, 0.717) is 6.17 Å². The molecule has 0 bridgehead atoms. The summed E-state index contributed by atoms with van der Waals surface area (Å²) in [7, 11) is 0. The zero-order valence-corrected chi connectivity index (χ0v) is 10.8. The monoisotopic (exact) mass is 240 g/mol. The Morgan fingerprint density at radius 3 is 1.78 bits per heavy atom. The van der Waals surface area contributed by atoms with Crippen LogP contribution < -0.4 is 9.80 Å². The molecular formula is C16H20N2. The molecule has 1 aliphatic heterocycles. The first-order chi connectivity index (χ1) is 8.83. The molecule has 2 rings (SSSR count). The third-order valence-corrected chi connectivity index (χ3v) is 3.25. The van der Waals surface area contributed by atoms with Gasteiger partial charge in [0.05, 0.1) is 11.4 Å². The molecule has 0 atom stereocenters. The first-order valence-corrected chi connectivity index (χ1v) is 6.28. The summed E-state index contributed by atoms with van der Waals surface area (Å²) in [6.07, 6.45) is 7.11. The van der Waals surface area contributed by atoms with Gasteiger partial charge in [-0.2, -0.15) is 0 Å². The van der Waals surface area contributed by atoms with Crippen molar-refractivity contribution >= 4 is 11.4 Å². The van der Waals surface area contributed by atoms with Crippen LogP contribution in [0.2, 0.25) is 0 Å². The predicted octanol–water partition coefficient (Wildman–Crippen LogP) is 3.59. The van der Waals surface area contributed by atoms with Crippen molar-refractivity contribution in [2.45, 2.75) is 12.6 Å². The van der Waals surface area contributed by atoms with Crippen LogP contribution in [0.25, 0.3) is 0 Å². The van der Waals surface area contributed by atoms with Crippen LogP contribution in [0.1, 0.15) is 6.42 Å². The summed E-state index contributed by atoms with van der Waals surface area (Å²) in [5.41, 5.74) is 2.54. The van der Waals surface area contributed by atoms with E-state index in [1.165, 1.54) is 11.4 Å². The van der Waals surface area contributed by atoms with Gasteiger partial charge < -0.3 is 9.80 Å². The lowest BCUT2D eigenvalue weighted by Gasteiger charge is -2.31. The van der Waals surface area contributed by atoms with Crippen LogP contribution in [0.5, 0.6) is 0 Å². The van der Waals surface area contributed by atoms with Crippen molar-refractivity contribution < 1.29 is 0 Å². The van der Waals surface area contributed by atoms with Gasteiger partial charge in [-0.15, -0.1) is 19.7 Å². The first-order valence-electron chi connectivity index (χ1n) is 6.28. The third kappa shape index (κ3) is 2.06. The van der Waals surface area contributed by atoms with E-state index in [0.717, 1.165) is 19.5 Å². The number of hydrogen-bond donors (Lipinski definition) is 0. The van der Waals surface area contributed by atoms with E-state index < -0.39 is 0 Å². The summed E-state index contributed by atoms with van der Waals surface area (Å²) in [5, 5.41) is 0. The molecule has 0 N–H and O–H groups in total. The minimum absolute atomic E-state index is 0.316. The summed E-state index contributed by atoms with van der Waals surface area (Å²) in [4.78, 5) is 4.74. The van der Waals surface area contributed by atoms with Crippen LogP contribution in [0.4, 0.5) is 11.4 Å². The van der Waals surface area contributed by atoms with Crippen molar-refractivity contribution in [3.63, 3.8) is 0 Å². The van der Waals surface area contributed by atoms with Crippen molar-refractivity contribution in [2.24, 2.45) is 0 Å². The highest BCUT2D eigenvalue weighted by Gasteiger charge is 2.32. The van der Waals surface area contributed by atoms with Crippen LogP contribution in [0.15, 0.2) is 62.2 Å². The fourth-order valence-electron chi connectivity index (χ4n) is 2.56. The van der Waals surface area contributed by atoms with E-state index in [-0.39, 0.29) is 0 Å². The largest absolute Gasteiger partial charge is 0.345 e. The van der Waals surface area contributed by atoms with Crippen LogP contribution in [0.3, 0.4) is 0 Å². The fraction of sp³-hybridized carbons (Fsp3) is 0.250. The molecule has 0 radical (unpaired) electrons. The number of nitrogens with zero attached hydrogens (tertiary/aromatic N) is 2. The van der Waals surface area contributed by atoms with E-state index in [1.807, 2.05) is 18.2 Å². The molecule has 18 heavy (non-hydrogen) atoms. The minimum Gasteiger partial charge on any atom is -0.345 e. The average molecular weight is 240 g/mol. The van der Waals surface area contributed by atoms with Crippen molar-refractivity contribution in [2.75, 3.05) is 22.9 Å². The van der Waals surface area contributed by atoms with Gasteiger partial charge in [0, 0.05) is 19.5 Å². The molecule has 0 saturated carbocycles. The average Bonchev–Trinajstić information content (AvgIpc) is 2.67. The second-order valence-electron chi connectivity index (χ2n) is 4.38. The summed E-state index contributed by atoms with van der Waals surface area (Å²) in [5.74, 6) is 0. The number of anilines is 2. The van der Waals surface area contributed by atoms with E-state index in [2.05, 4.69) is 53.8 Å². The highest BCUT2D eigenvalue weighted by atomic mass is 15.4. The molecule has 0 spiro atoms. The minimum atomic E-state index is 0.316. The van der Waals surface area contributed by atoms with E-state index in [9.17, 15) is 0 Å². The standard InChI is InChI=1S/C16H20N2/c1-4-9-16-17(12-5-2)14-10-7-8-11-15(14)18(16)13-6-3/h4-8,10-11,16H,1-3,9,12-13H2. The lowest BCUT2D eigenvalue weighted by molar-refractivity contribution is 0.623. The number of para-hydroxylation sites is 2. The molecule has 1 aromatic carbocycles. The number of fused-ring (bicyclic) bond motifs is 1. The molecule has 1 aromatic rings. The van der Waals surface area contributed by atoms with Gasteiger partial charge in [-0.3, -0.25) is 0 Å². The summed E-state index contributed by atoms with van der Waals surface area (Å²) in [6, 6.07) is 8.49. The maximum Gasteiger partial charge on any atom is 0.106 e. The third-order valence-electron chi connectivity index (χ3n) is 3.25. The smallest absolute Gasteiger partial charge is 0.106 e. The number of rotatable bonds is 6. The summed E-state index contributed by atoms with van der Waals surface area (Å²) < 4.78 is 0. The Labute approximate surface area is 110 Å². The van der Waals surface area contributed by atoms with Crippen LogP contribution >= 0.6 is 0 Å². The van der Waals surface area contributed by atoms with Gasteiger partial charge in [-0.25, -0.2) is 0 Å². The molecule has 0 saturated heterocycles. The van der Waals surface area contributed by atoms with E-state index >= 15 is 0 Å². The molecule has 0 unspecified atom stereocenters. The van der Waals surface area contributed by atoms with Crippen molar-refractivity contribution in [1.82, 2.24) is 0 Å². The second kappa shape index (κ2) is 5.58. The van der Waals surface area contributed by atoms with E-state index in [4.69, 9.17) is 0 Å². The quantitative estimate of drug-likeness (QED) is 0.701. The Balaban J connectivity index is 2.41. The van der Waals surface area contributed by atoms with Crippen molar-refractivity contribution in [1.29, 1.82) is 0 Å². The second-order valence-corrected chi connectivity index (χ2v) is 4.38. The fourth-order valence-corrected chi connectivity index (χ4v) is 2.56. The maximum absolute atomic E-state index is 3.87. The lowest BCUT2D eigenvalue weighted by Crippen LogP contribution is -2.43. The summed E-state index contributed by atoms with van der Waals surface area (Å²) in [6.45, 7) is 13.3. The lowest BCUT2D eigenvalue weighted by atomic mass is 10.2. The molecular weight excluding hydrogens is 220 g/mol. The van der Waals surface area contributed by atoms with Crippen molar-refractivity contribution in [3.8, 4) is 0 Å². The first kappa shape index (κ1) is 12.5. The molecule has 94 valence electrons. The molecule has 0 fully saturated rings. The topological polar surface area (TPSA) is 6.48 Å². The molecule has 2 heteroatoms. The molecule has 0 amide bonds. The van der Waals surface area contributed by atoms with Gasteiger partial charge in [-0.05, 0) is 12.1 Å². The SMILES string of the molecule is C=CCC1N(CC=C)c2ccccc2N1CC=C. The van der Waals surface area contributed by atoms with Crippen molar-refractivity contribution in [3.05, 3.63) is 62.2 Å². The van der Waals surface area contributed by atoms with Gasteiger partial charge >= 0.3 is 0 Å². The Morgan fingerprint density at radius 2 is 1.39 bits per heavy atom. The number of hydrogen-bond acceptors (Lipinski definition) is 2. The van der Waals surface area contributed by atoms with Gasteiger partial charge in [0.25, 0.3) is 0 Å². The van der Waals surface area contributed by atoms with Gasteiger partial charge in [0.2, 0.25) is 0 Å². The van der Waals surface area contributed by atoms with Crippen LogP contribution in [-0.2, 0) is 0 Å². The Bertz CT molecular complexity index is 413.